The van der Waals surface area contributed by atoms with Gasteiger partial charge in [0.1, 0.15) is 11.5 Å². The van der Waals surface area contributed by atoms with Gasteiger partial charge in [-0.25, -0.2) is 27.5 Å². The number of nitrogens with zero attached hydrogens (tertiary/aromatic N) is 4. The van der Waals surface area contributed by atoms with E-state index in [1.165, 1.54) is 24.3 Å². The summed E-state index contributed by atoms with van der Waals surface area (Å²) in [4.78, 5) is 22.0. The number of pyridine rings is 1. The van der Waals surface area contributed by atoms with Gasteiger partial charge in [0, 0.05) is 50.0 Å². The molecule has 1 aliphatic rings. The van der Waals surface area contributed by atoms with E-state index >= 15 is 4.39 Å². The highest BCUT2D eigenvalue weighted by Crippen LogP contribution is 2.31. The molecule has 7 nitrogen and oxygen atoms in total. The first-order chi connectivity index (χ1) is 17.7. The van der Waals surface area contributed by atoms with E-state index in [9.17, 15) is 18.0 Å². The third-order valence-corrected chi connectivity index (χ3v) is 6.32. The predicted molar refractivity (Wildman–Crippen MR) is 134 cm³/mol. The zero-order valence-corrected chi connectivity index (χ0v) is 20.2. The topological polar surface area (TPSA) is 75.1 Å². The van der Waals surface area contributed by atoms with Gasteiger partial charge < -0.3 is 20.1 Å². The highest BCUT2D eigenvalue weighted by molar-refractivity contribution is 5.85. The number of fused-ring (bicyclic) bond motifs is 1. The Bertz CT molecular complexity index is 1550. The van der Waals surface area contributed by atoms with Gasteiger partial charge in [0.25, 0.3) is 0 Å². The van der Waals surface area contributed by atoms with Crippen molar-refractivity contribution in [1.82, 2.24) is 19.9 Å². The average molecular weight is 513 g/mol. The fraction of sp³-hybridized carbons (Fsp3) is 0.269. The summed E-state index contributed by atoms with van der Waals surface area (Å²) in [6, 6.07) is 6.48. The molecule has 2 N–H and O–H groups in total. The Kier molecular flexibility index (Phi) is 6.55. The standard InChI is InChI=1S/C26H24F4N6O/c1-14(2)36-8-5-21(37)22-16(27)11-15(12-20(22)36)25-17(28)13-32-26(34-25)33-18-3-4-19(24(30)23(18)29)35-9-6-31-7-10-35/h3-5,8,11-14,31H,6-7,9-10H2,1-2H3,(H,32,33,34). The largest absolute Gasteiger partial charge is 0.367 e. The Morgan fingerprint density at radius 2 is 1.76 bits per heavy atom. The van der Waals surface area contributed by atoms with Crippen molar-refractivity contribution in [2.24, 2.45) is 0 Å². The van der Waals surface area contributed by atoms with Crippen LogP contribution in [0.25, 0.3) is 22.2 Å². The summed E-state index contributed by atoms with van der Waals surface area (Å²) in [7, 11) is 0. The van der Waals surface area contributed by atoms with Gasteiger partial charge in [0.2, 0.25) is 5.95 Å². The maximum Gasteiger partial charge on any atom is 0.228 e. The molecule has 0 aliphatic carbocycles. The second-order valence-electron chi connectivity index (χ2n) is 9.05. The van der Waals surface area contributed by atoms with Crippen LogP contribution >= 0.6 is 0 Å². The average Bonchev–Trinajstić information content (AvgIpc) is 2.88. The molecular weight excluding hydrogens is 488 g/mol. The van der Waals surface area contributed by atoms with Gasteiger partial charge >= 0.3 is 0 Å². The predicted octanol–water partition coefficient (Wildman–Crippen LogP) is 4.75. The van der Waals surface area contributed by atoms with Gasteiger partial charge in [-0.2, -0.15) is 0 Å². The quantitative estimate of drug-likeness (QED) is 0.376. The molecule has 0 bridgehead atoms. The smallest absolute Gasteiger partial charge is 0.228 e. The fourth-order valence-corrected chi connectivity index (χ4v) is 4.47. The third-order valence-electron chi connectivity index (χ3n) is 6.32. The van der Waals surface area contributed by atoms with Crippen LogP contribution in [0.3, 0.4) is 0 Å². The number of rotatable bonds is 5. The minimum Gasteiger partial charge on any atom is -0.367 e. The van der Waals surface area contributed by atoms with E-state index in [0.717, 1.165) is 12.3 Å². The summed E-state index contributed by atoms with van der Waals surface area (Å²) >= 11 is 0. The lowest BCUT2D eigenvalue weighted by Gasteiger charge is -2.30. The molecule has 1 saturated heterocycles. The molecule has 0 saturated carbocycles. The summed E-state index contributed by atoms with van der Waals surface area (Å²) in [5.41, 5.74) is -0.498. The normalized spacial score (nSPS) is 14.0. The van der Waals surface area contributed by atoms with E-state index in [1.807, 2.05) is 13.8 Å². The molecule has 0 amide bonds. The lowest BCUT2D eigenvalue weighted by atomic mass is 10.1. The van der Waals surface area contributed by atoms with Gasteiger partial charge in [-0.05, 0) is 38.1 Å². The summed E-state index contributed by atoms with van der Waals surface area (Å²) in [6.45, 7) is 6.14. The molecule has 192 valence electrons. The number of hydrogen-bond donors (Lipinski definition) is 2. The number of aromatic nitrogens is 3. The highest BCUT2D eigenvalue weighted by Gasteiger charge is 2.21. The molecular formula is C26H24F4N6O. The van der Waals surface area contributed by atoms with Gasteiger partial charge in [-0.3, -0.25) is 4.79 Å². The van der Waals surface area contributed by atoms with Crippen molar-refractivity contribution in [3.8, 4) is 11.3 Å². The number of piperazine rings is 1. The molecule has 11 heteroatoms. The number of anilines is 3. The van der Waals surface area contributed by atoms with Crippen molar-refractivity contribution in [2.75, 3.05) is 36.4 Å². The van der Waals surface area contributed by atoms with Crippen molar-refractivity contribution in [3.05, 3.63) is 76.2 Å². The first-order valence-corrected chi connectivity index (χ1v) is 11.8. The summed E-state index contributed by atoms with van der Waals surface area (Å²) in [5.74, 6) is -4.02. The monoisotopic (exact) mass is 512 g/mol. The molecule has 1 aliphatic heterocycles. The molecule has 0 spiro atoms. The molecule has 2 aromatic heterocycles. The zero-order valence-electron chi connectivity index (χ0n) is 20.2. The molecule has 0 atom stereocenters. The van der Waals surface area contributed by atoms with E-state index in [4.69, 9.17) is 0 Å². The van der Waals surface area contributed by atoms with Gasteiger partial charge in [-0.15, -0.1) is 0 Å². The number of hydrogen-bond acceptors (Lipinski definition) is 6. The SMILES string of the molecule is CC(C)n1ccc(=O)c2c(F)cc(-c3nc(Nc4ccc(N5CCNCC5)c(F)c4F)ncc3F)cc21. The van der Waals surface area contributed by atoms with Crippen molar-refractivity contribution in [3.63, 3.8) is 0 Å². The molecule has 3 heterocycles. The first kappa shape index (κ1) is 24.7. The molecule has 4 aromatic rings. The maximum absolute atomic E-state index is 15.0. The highest BCUT2D eigenvalue weighted by atomic mass is 19.2. The fourth-order valence-electron chi connectivity index (χ4n) is 4.47. The summed E-state index contributed by atoms with van der Waals surface area (Å²) < 4.78 is 61.2. The van der Waals surface area contributed by atoms with Crippen LogP contribution in [0.4, 0.5) is 34.9 Å². The Hall–Kier alpha value is -3.99. The van der Waals surface area contributed by atoms with E-state index in [1.54, 1.807) is 15.7 Å². The molecule has 0 radical (unpaired) electrons. The number of halogens is 4. The van der Waals surface area contributed by atoms with Crippen LogP contribution in [0.15, 0.2) is 47.5 Å². The van der Waals surface area contributed by atoms with Crippen molar-refractivity contribution < 1.29 is 17.6 Å². The molecule has 1 fully saturated rings. The minimum absolute atomic E-state index is 0.0636. The number of nitrogens with one attached hydrogen (secondary N) is 2. The van der Waals surface area contributed by atoms with Crippen molar-refractivity contribution in [2.45, 2.75) is 19.9 Å². The third kappa shape index (κ3) is 4.62. The maximum atomic E-state index is 15.0. The lowest BCUT2D eigenvalue weighted by Crippen LogP contribution is -2.44. The first-order valence-electron chi connectivity index (χ1n) is 11.8. The van der Waals surface area contributed by atoms with E-state index in [2.05, 4.69) is 20.6 Å². The van der Waals surface area contributed by atoms with Crippen LogP contribution < -0.4 is 21.0 Å². The van der Waals surface area contributed by atoms with Crippen LogP contribution in [-0.2, 0) is 0 Å². The van der Waals surface area contributed by atoms with Crippen LogP contribution in [0.5, 0.6) is 0 Å². The Morgan fingerprint density at radius 3 is 2.49 bits per heavy atom. The second kappa shape index (κ2) is 9.81. The van der Waals surface area contributed by atoms with Crippen LogP contribution in [0.1, 0.15) is 19.9 Å². The lowest BCUT2D eigenvalue weighted by molar-refractivity contribution is 0.502. The summed E-state index contributed by atoms with van der Waals surface area (Å²) in [5, 5.41) is 5.62. The van der Waals surface area contributed by atoms with Gasteiger partial charge in [-0.1, -0.05) is 0 Å². The van der Waals surface area contributed by atoms with Crippen LogP contribution in [0, 0.1) is 23.3 Å². The number of benzene rings is 2. The van der Waals surface area contributed by atoms with Crippen molar-refractivity contribution in [1.29, 1.82) is 0 Å². The molecule has 2 aromatic carbocycles. The van der Waals surface area contributed by atoms with E-state index in [0.29, 0.717) is 26.2 Å². The Morgan fingerprint density at radius 1 is 1.00 bits per heavy atom. The second-order valence-corrected chi connectivity index (χ2v) is 9.05. The molecule has 5 rings (SSSR count). The van der Waals surface area contributed by atoms with Gasteiger partial charge in [0.05, 0.1) is 28.5 Å². The van der Waals surface area contributed by atoms with Crippen LogP contribution in [-0.4, -0.2) is 40.7 Å². The minimum atomic E-state index is -1.12. The Balaban J connectivity index is 1.53. The molecule has 37 heavy (non-hydrogen) atoms. The van der Waals surface area contributed by atoms with Gasteiger partial charge in [0.15, 0.2) is 22.9 Å². The zero-order chi connectivity index (χ0) is 26.3. The van der Waals surface area contributed by atoms with Crippen LogP contribution in [0.2, 0.25) is 0 Å². The van der Waals surface area contributed by atoms with E-state index in [-0.39, 0.29) is 45.5 Å². The van der Waals surface area contributed by atoms with Crippen molar-refractivity contribution >= 4 is 28.2 Å². The molecule has 0 unspecified atom stereocenters. The Labute approximate surface area is 209 Å². The summed E-state index contributed by atoms with van der Waals surface area (Å²) in [6.07, 6.45) is 2.40. The van der Waals surface area contributed by atoms with E-state index < -0.39 is 28.7 Å².